The van der Waals surface area contributed by atoms with Crippen molar-refractivity contribution < 1.29 is 28.6 Å². The topological polar surface area (TPSA) is 78.9 Å². The number of hydrogen-bond donors (Lipinski definition) is 0. The van der Waals surface area contributed by atoms with Gasteiger partial charge in [0.2, 0.25) is 0 Å². The summed E-state index contributed by atoms with van der Waals surface area (Å²) in [6.07, 6.45) is 72.4. The Labute approximate surface area is 435 Å². The molecule has 0 spiro atoms. The van der Waals surface area contributed by atoms with Crippen LogP contribution < -0.4 is 0 Å². The third kappa shape index (κ3) is 56.3. The summed E-state index contributed by atoms with van der Waals surface area (Å²) in [5.41, 5.74) is 0. The molecule has 6 heteroatoms. The molecule has 408 valence electrons. The third-order valence-corrected chi connectivity index (χ3v) is 13.6. The minimum Gasteiger partial charge on any atom is -0.462 e. The Hall–Kier alpha value is -2.63. The lowest BCUT2D eigenvalue weighted by Crippen LogP contribution is -2.30. The summed E-state index contributed by atoms with van der Waals surface area (Å²) in [4.78, 5) is 38.2. The van der Waals surface area contributed by atoms with Crippen LogP contribution in [0.3, 0.4) is 0 Å². The highest BCUT2D eigenvalue weighted by atomic mass is 16.6. The van der Waals surface area contributed by atoms with Gasteiger partial charge in [-0.05, 0) is 83.5 Å². The van der Waals surface area contributed by atoms with Crippen molar-refractivity contribution in [2.24, 2.45) is 0 Å². The Morgan fingerprint density at radius 1 is 0.286 bits per heavy atom. The number of rotatable bonds is 56. The Bertz CT molecular complexity index is 1220. The van der Waals surface area contributed by atoms with Gasteiger partial charge in [0, 0.05) is 19.3 Å². The molecule has 0 fully saturated rings. The maximum atomic E-state index is 12.9. The van der Waals surface area contributed by atoms with E-state index in [-0.39, 0.29) is 31.1 Å². The second-order valence-corrected chi connectivity index (χ2v) is 20.6. The molecule has 0 radical (unpaired) electrons. The van der Waals surface area contributed by atoms with Crippen molar-refractivity contribution in [2.75, 3.05) is 13.2 Å². The molecule has 0 aliphatic carbocycles. The van der Waals surface area contributed by atoms with E-state index in [0.29, 0.717) is 19.3 Å². The summed E-state index contributed by atoms with van der Waals surface area (Å²) in [6, 6.07) is 0. The first-order valence-corrected chi connectivity index (χ1v) is 30.6. The number of allylic oxidation sites excluding steroid dienone is 8. The van der Waals surface area contributed by atoms with Crippen molar-refractivity contribution in [3.63, 3.8) is 0 Å². The van der Waals surface area contributed by atoms with Crippen LogP contribution in [0.5, 0.6) is 0 Å². The van der Waals surface area contributed by atoms with Crippen LogP contribution in [0.4, 0.5) is 0 Å². The van der Waals surface area contributed by atoms with Gasteiger partial charge >= 0.3 is 17.9 Å². The first kappa shape index (κ1) is 67.4. The number of ether oxygens (including phenoxy) is 3. The molecule has 0 aromatic rings. The molecular weight excluding hydrogens is 865 g/mol. The lowest BCUT2D eigenvalue weighted by Gasteiger charge is -2.18. The van der Waals surface area contributed by atoms with Crippen LogP contribution in [0.15, 0.2) is 48.6 Å². The predicted octanol–water partition coefficient (Wildman–Crippen LogP) is 20.6. The SMILES string of the molecule is CCCCC/C=C\C/C=C\CCCCCCCCCC(=O)OC(COC(=O)CCCCCCCCCCC/C=C\C/C=C\CCCCCCC)COC(=O)CCCCCCCCCCCCCCCC. The van der Waals surface area contributed by atoms with E-state index in [9.17, 15) is 14.4 Å². The van der Waals surface area contributed by atoms with E-state index in [1.54, 1.807) is 0 Å². The molecule has 0 heterocycles. The van der Waals surface area contributed by atoms with E-state index >= 15 is 0 Å². The molecule has 0 aliphatic heterocycles. The average molecular weight is 982 g/mol. The van der Waals surface area contributed by atoms with Gasteiger partial charge in [0.1, 0.15) is 13.2 Å². The maximum absolute atomic E-state index is 12.9. The van der Waals surface area contributed by atoms with E-state index in [1.165, 1.54) is 205 Å². The van der Waals surface area contributed by atoms with E-state index in [2.05, 4.69) is 69.4 Å². The minimum absolute atomic E-state index is 0.0744. The number of carbonyl (C=O) groups is 3. The molecule has 0 bridgehead atoms. The van der Waals surface area contributed by atoms with Crippen LogP contribution in [0.25, 0.3) is 0 Å². The summed E-state index contributed by atoms with van der Waals surface area (Å²) < 4.78 is 16.9. The van der Waals surface area contributed by atoms with E-state index in [0.717, 1.165) is 77.0 Å². The number of hydrogen-bond acceptors (Lipinski definition) is 6. The third-order valence-electron chi connectivity index (χ3n) is 13.6. The van der Waals surface area contributed by atoms with Crippen LogP contribution in [-0.4, -0.2) is 37.2 Å². The number of esters is 3. The van der Waals surface area contributed by atoms with Crippen LogP contribution in [0.1, 0.15) is 323 Å². The van der Waals surface area contributed by atoms with Crippen LogP contribution in [0.2, 0.25) is 0 Å². The van der Waals surface area contributed by atoms with E-state index in [4.69, 9.17) is 14.2 Å². The van der Waals surface area contributed by atoms with Crippen molar-refractivity contribution in [3.05, 3.63) is 48.6 Å². The molecule has 6 nitrogen and oxygen atoms in total. The Kier molecular flexibility index (Phi) is 56.7. The molecule has 0 aromatic heterocycles. The fraction of sp³-hybridized carbons (Fsp3) is 0.828. The lowest BCUT2D eigenvalue weighted by atomic mass is 10.0. The van der Waals surface area contributed by atoms with Gasteiger partial charge in [-0.25, -0.2) is 0 Å². The first-order chi connectivity index (χ1) is 34.5. The molecule has 0 saturated heterocycles. The minimum atomic E-state index is -0.777. The second-order valence-electron chi connectivity index (χ2n) is 20.6. The molecule has 1 atom stereocenters. The number of unbranched alkanes of at least 4 members (excludes halogenated alkanes) is 37. The molecule has 0 saturated carbocycles. The van der Waals surface area contributed by atoms with Gasteiger partial charge in [-0.15, -0.1) is 0 Å². The zero-order chi connectivity index (χ0) is 50.7. The highest BCUT2D eigenvalue weighted by Gasteiger charge is 2.19. The molecule has 0 amide bonds. The highest BCUT2D eigenvalue weighted by Crippen LogP contribution is 2.16. The zero-order valence-electron chi connectivity index (χ0n) is 46.8. The van der Waals surface area contributed by atoms with Crippen molar-refractivity contribution in [1.82, 2.24) is 0 Å². The monoisotopic (exact) mass is 981 g/mol. The van der Waals surface area contributed by atoms with Crippen molar-refractivity contribution in [3.8, 4) is 0 Å². The Morgan fingerprint density at radius 3 is 0.814 bits per heavy atom. The Balaban J connectivity index is 4.34. The van der Waals surface area contributed by atoms with Gasteiger partial charge in [0.15, 0.2) is 6.10 Å². The summed E-state index contributed by atoms with van der Waals surface area (Å²) in [5.74, 6) is -0.869. The van der Waals surface area contributed by atoms with Gasteiger partial charge in [-0.1, -0.05) is 268 Å². The van der Waals surface area contributed by atoms with Crippen molar-refractivity contribution in [1.29, 1.82) is 0 Å². The fourth-order valence-electron chi connectivity index (χ4n) is 8.92. The zero-order valence-corrected chi connectivity index (χ0v) is 46.8. The van der Waals surface area contributed by atoms with E-state index in [1.807, 2.05) is 0 Å². The van der Waals surface area contributed by atoms with Gasteiger partial charge < -0.3 is 14.2 Å². The molecule has 0 aromatic carbocycles. The highest BCUT2D eigenvalue weighted by molar-refractivity contribution is 5.71. The molecule has 0 rings (SSSR count). The second kappa shape index (κ2) is 58.9. The lowest BCUT2D eigenvalue weighted by molar-refractivity contribution is -0.167. The van der Waals surface area contributed by atoms with Crippen molar-refractivity contribution >= 4 is 17.9 Å². The van der Waals surface area contributed by atoms with Crippen LogP contribution >= 0.6 is 0 Å². The summed E-state index contributed by atoms with van der Waals surface area (Å²) in [7, 11) is 0. The maximum Gasteiger partial charge on any atom is 0.306 e. The first-order valence-electron chi connectivity index (χ1n) is 30.6. The summed E-state index contributed by atoms with van der Waals surface area (Å²) in [5, 5.41) is 0. The summed E-state index contributed by atoms with van der Waals surface area (Å²) in [6.45, 7) is 6.64. The molecule has 0 N–H and O–H groups in total. The normalized spacial score (nSPS) is 12.3. The largest absolute Gasteiger partial charge is 0.462 e. The van der Waals surface area contributed by atoms with E-state index < -0.39 is 6.10 Å². The average Bonchev–Trinajstić information content (AvgIpc) is 3.36. The molecule has 70 heavy (non-hydrogen) atoms. The molecule has 0 aliphatic rings. The summed E-state index contributed by atoms with van der Waals surface area (Å²) >= 11 is 0. The standard InChI is InChI=1S/C64H116O6/c1-4-7-10-13-16-19-22-25-28-30-31-32-33-35-36-39-42-45-48-51-54-57-63(66)69-60-61(59-68-62(65)56-53-50-47-44-41-38-27-24-21-18-15-12-9-6-3)70-64(67)58-55-52-49-46-43-40-37-34-29-26-23-20-17-14-11-8-5-2/h17,20,22,25-26,29-31,61H,4-16,18-19,21,23-24,27-28,32-60H2,1-3H3/b20-17-,25-22-,29-26-,31-30-. The van der Waals surface area contributed by atoms with Gasteiger partial charge in [-0.3, -0.25) is 14.4 Å². The Morgan fingerprint density at radius 2 is 0.514 bits per heavy atom. The van der Waals surface area contributed by atoms with Gasteiger partial charge in [-0.2, -0.15) is 0 Å². The van der Waals surface area contributed by atoms with Crippen LogP contribution in [0, 0.1) is 0 Å². The quantitative estimate of drug-likeness (QED) is 0.0261. The van der Waals surface area contributed by atoms with Gasteiger partial charge in [0.25, 0.3) is 0 Å². The fourth-order valence-corrected chi connectivity index (χ4v) is 8.92. The van der Waals surface area contributed by atoms with Crippen LogP contribution in [-0.2, 0) is 28.6 Å². The molecular formula is C64H116O6. The smallest absolute Gasteiger partial charge is 0.306 e. The van der Waals surface area contributed by atoms with Crippen molar-refractivity contribution in [2.45, 2.75) is 329 Å². The number of carbonyl (C=O) groups excluding carboxylic acids is 3. The van der Waals surface area contributed by atoms with Gasteiger partial charge in [0.05, 0.1) is 0 Å². The predicted molar refractivity (Wildman–Crippen MR) is 302 cm³/mol. The molecule has 1 unspecified atom stereocenters.